The average Bonchev–Trinajstić information content (AvgIpc) is 3.13. The van der Waals surface area contributed by atoms with Crippen LogP contribution in [0.4, 0.5) is 0 Å². The summed E-state index contributed by atoms with van der Waals surface area (Å²) >= 11 is 0. The first kappa shape index (κ1) is 20.4. The molecule has 2 heterocycles. The second kappa shape index (κ2) is 8.20. The Kier molecular flexibility index (Phi) is 6.44. The van der Waals surface area contributed by atoms with Gasteiger partial charge in [-0.3, -0.25) is 4.79 Å². The van der Waals surface area contributed by atoms with Crippen molar-refractivity contribution in [3.8, 4) is 5.69 Å². The standard InChI is InChI=1S/C19H26N4O2.ClH/c1-12-7-5-6-8-18(12)23-14(3)16(13(2)21-23)11-22(4)19(25)17-9-15(24)10-20-17;/h5-8,15,17,20,24H,9-11H2,1-4H3;1H. The van der Waals surface area contributed by atoms with Crippen LogP contribution in [0.1, 0.15) is 28.9 Å². The van der Waals surface area contributed by atoms with E-state index in [4.69, 9.17) is 0 Å². The number of para-hydroxylation sites is 1. The van der Waals surface area contributed by atoms with Crippen molar-refractivity contribution in [3.05, 3.63) is 46.8 Å². The summed E-state index contributed by atoms with van der Waals surface area (Å²) in [7, 11) is 1.80. The minimum Gasteiger partial charge on any atom is -0.392 e. The number of carbonyl (C=O) groups excluding carboxylic acids is 1. The highest BCUT2D eigenvalue weighted by Crippen LogP contribution is 2.22. The number of likely N-dealkylation sites (N-methyl/N-ethyl adjacent to an activating group) is 1. The molecule has 1 aliphatic heterocycles. The van der Waals surface area contributed by atoms with Crippen molar-refractivity contribution in [1.82, 2.24) is 20.0 Å². The first-order valence-corrected chi connectivity index (χ1v) is 8.66. The Morgan fingerprint density at radius 2 is 2.04 bits per heavy atom. The summed E-state index contributed by atoms with van der Waals surface area (Å²) in [6.45, 7) is 7.08. The predicted molar refractivity (Wildman–Crippen MR) is 104 cm³/mol. The van der Waals surface area contributed by atoms with E-state index in [9.17, 15) is 9.90 Å². The molecule has 1 amide bonds. The molecule has 0 bridgehead atoms. The van der Waals surface area contributed by atoms with E-state index in [1.165, 1.54) is 0 Å². The van der Waals surface area contributed by atoms with Gasteiger partial charge in [0.15, 0.2) is 0 Å². The molecule has 2 atom stereocenters. The van der Waals surface area contributed by atoms with E-state index in [0.717, 1.165) is 28.2 Å². The van der Waals surface area contributed by atoms with Crippen LogP contribution < -0.4 is 5.32 Å². The van der Waals surface area contributed by atoms with Crippen LogP contribution >= 0.6 is 12.4 Å². The number of aliphatic hydroxyl groups is 1. The largest absolute Gasteiger partial charge is 0.392 e. The van der Waals surface area contributed by atoms with Gasteiger partial charge in [-0.25, -0.2) is 4.68 Å². The third-order valence-corrected chi connectivity index (χ3v) is 4.96. The lowest BCUT2D eigenvalue weighted by molar-refractivity contribution is -0.132. The van der Waals surface area contributed by atoms with E-state index in [1.807, 2.05) is 30.7 Å². The molecule has 1 aromatic heterocycles. The maximum atomic E-state index is 12.6. The van der Waals surface area contributed by atoms with Gasteiger partial charge < -0.3 is 15.3 Å². The number of halogens is 1. The molecule has 6 nitrogen and oxygen atoms in total. The molecular formula is C19H27ClN4O2. The number of amides is 1. The first-order chi connectivity index (χ1) is 11.9. The van der Waals surface area contributed by atoms with E-state index >= 15 is 0 Å². The topological polar surface area (TPSA) is 70.4 Å². The number of hydrogen-bond acceptors (Lipinski definition) is 4. The minimum absolute atomic E-state index is 0. The Bertz CT molecular complexity index is 790. The maximum absolute atomic E-state index is 12.6. The number of β-amino-alcohol motifs (C(OH)–C–C–N with tert-alkyl or cyclic N) is 1. The number of nitrogens with zero attached hydrogens (tertiary/aromatic N) is 3. The van der Waals surface area contributed by atoms with Crippen molar-refractivity contribution in [3.63, 3.8) is 0 Å². The summed E-state index contributed by atoms with van der Waals surface area (Å²) in [6.07, 6.45) is 0.0403. The van der Waals surface area contributed by atoms with Gasteiger partial charge in [-0.2, -0.15) is 5.10 Å². The Labute approximate surface area is 160 Å². The fourth-order valence-electron chi connectivity index (χ4n) is 3.43. The Morgan fingerprint density at radius 1 is 1.35 bits per heavy atom. The minimum atomic E-state index is -0.436. The zero-order chi connectivity index (χ0) is 18.1. The first-order valence-electron chi connectivity index (χ1n) is 8.66. The van der Waals surface area contributed by atoms with Crippen molar-refractivity contribution < 1.29 is 9.90 Å². The second-order valence-corrected chi connectivity index (χ2v) is 6.89. The summed E-state index contributed by atoms with van der Waals surface area (Å²) in [5.74, 6) is 0.0130. The van der Waals surface area contributed by atoms with Crippen molar-refractivity contribution in [2.45, 2.75) is 45.9 Å². The normalized spacial score (nSPS) is 19.3. The van der Waals surface area contributed by atoms with E-state index in [1.54, 1.807) is 11.9 Å². The van der Waals surface area contributed by atoms with Crippen LogP contribution in [-0.2, 0) is 11.3 Å². The van der Waals surface area contributed by atoms with Gasteiger partial charge in [-0.1, -0.05) is 18.2 Å². The molecule has 7 heteroatoms. The molecule has 0 radical (unpaired) electrons. The summed E-state index contributed by atoms with van der Waals surface area (Å²) < 4.78 is 1.95. The lowest BCUT2D eigenvalue weighted by Crippen LogP contribution is -2.41. The van der Waals surface area contributed by atoms with E-state index in [-0.39, 0.29) is 24.4 Å². The molecule has 2 N–H and O–H groups in total. The molecule has 2 unspecified atom stereocenters. The van der Waals surface area contributed by atoms with Gasteiger partial charge in [-0.05, 0) is 38.8 Å². The number of rotatable bonds is 4. The third kappa shape index (κ3) is 3.92. The average molecular weight is 379 g/mol. The SMILES string of the molecule is Cc1ccccc1-n1nc(C)c(CN(C)C(=O)C2CC(O)CN2)c1C.Cl. The molecule has 1 fully saturated rings. The van der Waals surface area contributed by atoms with Crippen molar-refractivity contribution in [2.75, 3.05) is 13.6 Å². The van der Waals surface area contributed by atoms with Crippen molar-refractivity contribution in [2.24, 2.45) is 0 Å². The number of hydrogen-bond donors (Lipinski definition) is 2. The van der Waals surface area contributed by atoms with Gasteiger partial charge in [-0.15, -0.1) is 12.4 Å². The molecule has 0 saturated carbocycles. The quantitative estimate of drug-likeness (QED) is 0.852. The molecule has 1 saturated heterocycles. The van der Waals surface area contributed by atoms with Gasteiger partial charge in [0, 0.05) is 31.4 Å². The number of aromatic nitrogens is 2. The van der Waals surface area contributed by atoms with E-state index in [2.05, 4.69) is 29.5 Å². The molecular weight excluding hydrogens is 352 g/mol. The molecule has 0 aliphatic carbocycles. The molecule has 1 aromatic carbocycles. The fraction of sp³-hybridized carbons (Fsp3) is 0.474. The van der Waals surface area contributed by atoms with Crippen LogP contribution in [0.2, 0.25) is 0 Å². The summed E-state index contributed by atoms with van der Waals surface area (Å²) in [4.78, 5) is 14.3. The van der Waals surface area contributed by atoms with Crippen LogP contribution in [0.3, 0.4) is 0 Å². The Morgan fingerprint density at radius 3 is 2.65 bits per heavy atom. The lowest BCUT2D eigenvalue weighted by atomic mass is 10.1. The highest BCUT2D eigenvalue weighted by molar-refractivity contribution is 5.85. The van der Waals surface area contributed by atoms with E-state index in [0.29, 0.717) is 19.5 Å². The second-order valence-electron chi connectivity index (χ2n) is 6.89. The predicted octanol–water partition coefficient (Wildman–Crippen LogP) is 1.90. The van der Waals surface area contributed by atoms with Gasteiger partial charge in [0.25, 0.3) is 0 Å². The van der Waals surface area contributed by atoms with Crippen LogP contribution in [0.15, 0.2) is 24.3 Å². The highest BCUT2D eigenvalue weighted by atomic mass is 35.5. The maximum Gasteiger partial charge on any atom is 0.239 e. The zero-order valence-electron chi connectivity index (χ0n) is 15.7. The van der Waals surface area contributed by atoms with Crippen molar-refractivity contribution >= 4 is 18.3 Å². The van der Waals surface area contributed by atoms with Crippen LogP contribution in [-0.4, -0.2) is 51.4 Å². The smallest absolute Gasteiger partial charge is 0.239 e. The summed E-state index contributed by atoms with van der Waals surface area (Å²) in [5, 5.41) is 17.4. The van der Waals surface area contributed by atoms with Gasteiger partial charge in [0.2, 0.25) is 5.91 Å². The van der Waals surface area contributed by atoms with E-state index < -0.39 is 6.10 Å². The highest BCUT2D eigenvalue weighted by Gasteiger charge is 2.30. The summed E-state index contributed by atoms with van der Waals surface area (Å²) in [5.41, 5.74) is 5.26. The monoisotopic (exact) mass is 378 g/mol. The molecule has 142 valence electrons. The third-order valence-electron chi connectivity index (χ3n) is 4.96. The summed E-state index contributed by atoms with van der Waals surface area (Å²) in [6, 6.07) is 7.84. The lowest BCUT2D eigenvalue weighted by Gasteiger charge is -2.21. The zero-order valence-corrected chi connectivity index (χ0v) is 16.5. The fourth-order valence-corrected chi connectivity index (χ4v) is 3.43. The number of nitrogens with one attached hydrogen (secondary N) is 1. The number of carbonyl (C=O) groups is 1. The van der Waals surface area contributed by atoms with Gasteiger partial charge >= 0.3 is 0 Å². The van der Waals surface area contributed by atoms with Crippen molar-refractivity contribution in [1.29, 1.82) is 0 Å². The Balaban J connectivity index is 0.00000243. The van der Waals surface area contributed by atoms with Crippen LogP contribution in [0, 0.1) is 20.8 Å². The van der Waals surface area contributed by atoms with Gasteiger partial charge in [0.05, 0.1) is 23.5 Å². The number of aryl methyl sites for hydroxylation is 2. The molecule has 3 rings (SSSR count). The Hall–Kier alpha value is -1.89. The molecule has 0 spiro atoms. The number of benzene rings is 1. The van der Waals surface area contributed by atoms with Crippen LogP contribution in [0.5, 0.6) is 0 Å². The molecule has 2 aromatic rings. The molecule has 1 aliphatic rings. The molecule has 26 heavy (non-hydrogen) atoms. The number of aliphatic hydroxyl groups excluding tert-OH is 1. The van der Waals surface area contributed by atoms with Gasteiger partial charge in [0.1, 0.15) is 0 Å². The van der Waals surface area contributed by atoms with Crippen LogP contribution in [0.25, 0.3) is 5.69 Å².